The fourth-order valence-corrected chi connectivity index (χ4v) is 1.58. The number of aliphatic carboxylic acids is 1. The molecule has 0 unspecified atom stereocenters. The Morgan fingerprint density at radius 3 is 2.74 bits per heavy atom. The van der Waals surface area contributed by atoms with Crippen LogP contribution in [-0.2, 0) is 11.2 Å². The number of aryl methyl sites for hydroxylation is 2. The molecule has 0 spiro atoms. The highest BCUT2D eigenvalue weighted by molar-refractivity contribution is 5.74. The third-order valence-electron chi connectivity index (χ3n) is 2.62. The summed E-state index contributed by atoms with van der Waals surface area (Å²) in [7, 11) is 0. The van der Waals surface area contributed by atoms with Gasteiger partial charge in [-0.1, -0.05) is 6.07 Å². The molecule has 0 saturated carbocycles. The van der Waals surface area contributed by atoms with E-state index in [1.54, 1.807) is 6.20 Å². The smallest absolute Gasteiger partial charge is 0.314 e. The van der Waals surface area contributed by atoms with Crippen LogP contribution < -0.4 is 10.6 Å². The van der Waals surface area contributed by atoms with Crippen molar-refractivity contribution in [1.29, 1.82) is 0 Å². The minimum atomic E-state index is -0.925. The minimum Gasteiger partial charge on any atom is -0.481 e. The topological polar surface area (TPSA) is 91.3 Å². The van der Waals surface area contributed by atoms with Crippen LogP contribution in [0.25, 0.3) is 0 Å². The molecular weight excluding hydrogens is 246 g/mol. The number of nitrogens with zero attached hydrogens (tertiary/aromatic N) is 1. The van der Waals surface area contributed by atoms with Crippen molar-refractivity contribution in [1.82, 2.24) is 15.6 Å². The highest BCUT2D eigenvalue weighted by atomic mass is 16.4. The third-order valence-corrected chi connectivity index (χ3v) is 2.62. The molecule has 0 fully saturated rings. The molecule has 1 aromatic rings. The lowest BCUT2D eigenvalue weighted by atomic mass is 10.1. The van der Waals surface area contributed by atoms with E-state index in [1.807, 2.05) is 19.1 Å². The SMILES string of the molecule is Cc1cccnc1CCCNC(=O)NCCC(=O)O. The van der Waals surface area contributed by atoms with Crippen molar-refractivity contribution in [3.8, 4) is 0 Å². The quantitative estimate of drug-likeness (QED) is 0.644. The Bertz CT molecular complexity index is 435. The van der Waals surface area contributed by atoms with Crippen molar-refractivity contribution in [2.75, 3.05) is 13.1 Å². The molecule has 104 valence electrons. The maximum atomic E-state index is 11.3. The van der Waals surface area contributed by atoms with Gasteiger partial charge in [-0.15, -0.1) is 0 Å². The van der Waals surface area contributed by atoms with Crippen LogP contribution in [0.4, 0.5) is 4.79 Å². The zero-order valence-electron chi connectivity index (χ0n) is 11.0. The maximum Gasteiger partial charge on any atom is 0.314 e. The van der Waals surface area contributed by atoms with Gasteiger partial charge in [0.05, 0.1) is 6.42 Å². The van der Waals surface area contributed by atoms with Crippen LogP contribution in [0.1, 0.15) is 24.1 Å². The summed E-state index contributed by atoms with van der Waals surface area (Å²) in [6.45, 7) is 2.68. The molecule has 1 rings (SSSR count). The molecule has 0 radical (unpaired) electrons. The largest absolute Gasteiger partial charge is 0.481 e. The first-order valence-electron chi connectivity index (χ1n) is 6.23. The van der Waals surface area contributed by atoms with Gasteiger partial charge in [-0.25, -0.2) is 4.79 Å². The summed E-state index contributed by atoms with van der Waals surface area (Å²) in [5.74, 6) is -0.925. The van der Waals surface area contributed by atoms with Crippen LogP contribution in [0.2, 0.25) is 0 Å². The van der Waals surface area contributed by atoms with E-state index < -0.39 is 5.97 Å². The fourth-order valence-electron chi connectivity index (χ4n) is 1.58. The van der Waals surface area contributed by atoms with E-state index >= 15 is 0 Å². The van der Waals surface area contributed by atoms with Crippen molar-refractivity contribution < 1.29 is 14.7 Å². The molecule has 0 atom stereocenters. The molecule has 3 N–H and O–H groups in total. The van der Waals surface area contributed by atoms with Gasteiger partial charge in [-0.3, -0.25) is 9.78 Å². The summed E-state index contributed by atoms with van der Waals surface area (Å²) in [6.07, 6.45) is 3.29. The van der Waals surface area contributed by atoms with Crippen LogP contribution in [0.15, 0.2) is 18.3 Å². The summed E-state index contributed by atoms with van der Waals surface area (Å²) in [5, 5.41) is 13.6. The first-order valence-corrected chi connectivity index (χ1v) is 6.23. The molecule has 0 aromatic carbocycles. The monoisotopic (exact) mass is 265 g/mol. The summed E-state index contributed by atoms with van der Waals surface area (Å²) in [4.78, 5) is 25.8. The number of hydrogen-bond acceptors (Lipinski definition) is 3. The van der Waals surface area contributed by atoms with E-state index in [1.165, 1.54) is 0 Å². The van der Waals surface area contributed by atoms with Crippen molar-refractivity contribution >= 4 is 12.0 Å². The van der Waals surface area contributed by atoms with E-state index in [0.29, 0.717) is 6.54 Å². The predicted molar refractivity (Wildman–Crippen MR) is 70.9 cm³/mol. The Kier molecular flexibility index (Phi) is 6.35. The predicted octanol–water partition coefficient (Wildman–Crippen LogP) is 1.10. The van der Waals surface area contributed by atoms with E-state index in [0.717, 1.165) is 24.1 Å². The van der Waals surface area contributed by atoms with Gasteiger partial charge >= 0.3 is 12.0 Å². The van der Waals surface area contributed by atoms with Gasteiger partial charge in [0.25, 0.3) is 0 Å². The average molecular weight is 265 g/mol. The minimum absolute atomic E-state index is 0.0689. The number of pyridine rings is 1. The molecule has 0 aliphatic rings. The molecule has 0 saturated heterocycles. The Morgan fingerprint density at radius 2 is 2.05 bits per heavy atom. The molecule has 6 heteroatoms. The maximum absolute atomic E-state index is 11.3. The number of carboxylic acid groups (broad SMARTS) is 1. The third kappa shape index (κ3) is 6.40. The number of carboxylic acids is 1. The summed E-state index contributed by atoms with van der Waals surface area (Å²) >= 11 is 0. The zero-order valence-corrected chi connectivity index (χ0v) is 11.0. The normalized spacial score (nSPS) is 9.95. The van der Waals surface area contributed by atoms with Crippen molar-refractivity contribution in [3.63, 3.8) is 0 Å². The van der Waals surface area contributed by atoms with Gasteiger partial charge in [0, 0.05) is 25.0 Å². The highest BCUT2D eigenvalue weighted by Gasteiger charge is 2.02. The van der Waals surface area contributed by atoms with Crippen molar-refractivity contribution in [2.24, 2.45) is 0 Å². The number of carbonyl (C=O) groups is 2. The Balaban J connectivity index is 2.12. The number of aromatic nitrogens is 1. The van der Waals surface area contributed by atoms with Gasteiger partial charge < -0.3 is 15.7 Å². The van der Waals surface area contributed by atoms with Gasteiger partial charge in [0.2, 0.25) is 0 Å². The number of carbonyl (C=O) groups excluding carboxylic acids is 1. The molecule has 0 aliphatic heterocycles. The second kappa shape index (κ2) is 8.07. The number of nitrogens with one attached hydrogen (secondary N) is 2. The summed E-state index contributed by atoms with van der Waals surface area (Å²) < 4.78 is 0. The van der Waals surface area contributed by atoms with Crippen LogP contribution in [-0.4, -0.2) is 35.2 Å². The summed E-state index contributed by atoms with van der Waals surface area (Å²) in [6, 6.07) is 3.57. The van der Waals surface area contributed by atoms with Crippen LogP contribution in [0.5, 0.6) is 0 Å². The highest BCUT2D eigenvalue weighted by Crippen LogP contribution is 2.05. The van der Waals surface area contributed by atoms with Gasteiger partial charge in [-0.2, -0.15) is 0 Å². The Labute approximate surface area is 112 Å². The first-order chi connectivity index (χ1) is 9.09. The average Bonchev–Trinajstić information content (AvgIpc) is 2.36. The van der Waals surface area contributed by atoms with E-state index in [-0.39, 0.29) is 19.0 Å². The van der Waals surface area contributed by atoms with E-state index in [2.05, 4.69) is 15.6 Å². The molecular formula is C13H19N3O3. The van der Waals surface area contributed by atoms with Gasteiger partial charge in [0.15, 0.2) is 0 Å². The number of urea groups is 1. The molecule has 19 heavy (non-hydrogen) atoms. The first kappa shape index (κ1) is 14.9. The van der Waals surface area contributed by atoms with Crippen LogP contribution >= 0.6 is 0 Å². The Hall–Kier alpha value is -2.11. The molecule has 0 aliphatic carbocycles. The van der Waals surface area contributed by atoms with Gasteiger partial charge in [0.1, 0.15) is 0 Å². The molecule has 1 heterocycles. The molecule has 2 amide bonds. The van der Waals surface area contributed by atoms with E-state index in [4.69, 9.17) is 5.11 Å². The number of hydrogen-bond donors (Lipinski definition) is 3. The van der Waals surface area contributed by atoms with E-state index in [9.17, 15) is 9.59 Å². The molecule has 1 aromatic heterocycles. The molecule has 6 nitrogen and oxygen atoms in total. The lowest BCUT2D eigenvalue weighted by Gasteiger charge is -2.07. The number of amides is 2. The van der Waals surface area contributed by atoms with Crippen LogP contribution in [0, 0.1) is 6.92 Å². The lowest BCUT2D eigenvalue weighted by Crippen LogP contribution is -2.37. The molecule has 0 bridgehead atoms. The van der Waals surface area contributed by atoms with Crippen molar-refractivity contribution in [2.45, 2.75) is 26.2 Å². The van der Waals surface area contributed by atoms with Crippen LogP contribution in [0.3, 0.4) is 0 Å². The number of rotatable bonds is 7. The second-order valence-electron chi connectivity index (χ2n) is 4.20. The van der Waals surface area contributed by atoms with Crippen molar-refractivity contribution in [3.05, 3.63) is 29.6 Å². The Morgan fingerprint density at radius 1 is 1.32 bits per heavy atom. The summed E-state index contributed by atoms with van der Waals surface area (Å²) in [5.41, 5.74) is 2.18. The lowest BCUT2D eigenvalue weighted by molar-refractivity contribution is -0.136. The zero-order chi connectivity index (χ0) is 14.1. The van der Waals surface area contributed by atoms with Gasteiger partial charge in [-0.05, 0) is 31.4 Å². The second-order valence-corrected chi connectivity index (χ2v) is 4.20. The fraction of sp³-hybridized carbons (Fsp3) is 0.462. The standard InChI is InChI=1S/C13H19N3O3/c1-10-4-2-7-14-11(10)5-3-8-15-13(19)16-9-6-12(17)18/h2,4,7H,3,5-6,8-9H2,1H3,(H,17,18)(H2,15,16,19).